The molecule has 2 rings (SSSR count). The molecule has 0 saturated heterocycles. The maximum absolute atomic E-state index is 13.7. The van der Waals surface area contributed by atoms with Crippen LogP contribution in [0.2, 0.25) is 0 Å². The van der Waals surface area contributed by atoms with Crippen LogP contribution in [0.1, 0.15) is 12.0 Å². The van der Waals surface area contributed by atoms with Crippen molar-refractivity contribution in [2.45, 2.75) is 12.8 Å². The third-order valence-electron chi connectivity index (χ3n) is 2.74. The summed E-state index contributed by atoms with van der Waals surface area (Å²) in [4.78, 5) is 18.8. The molecule has 0 bridgehead atoms. The highest BCUT2D eigenvalue weighted by Crippen LogP contribution is 2.23. The van der Waals surface area contributed by atoms with E-state index in [9.17, 15) is 9.18 Å². The third-order valence-corrected chi connectivity index (χ3v) is 2.74. The Morgan fingerprint density at radius 1 is 1.40 bits per heavy atom. The maximum atomic E-state index is 13.7. The molecule has 1 N–H and O–H groups in total. The molecule has 0 aliphatic carbocycles. The lowest BCUT2D eigenvalue weighted by molar-refractivity contribution is -0.136. The molecule has 1 heterocycles. The summed E-state index contributed by atoms with van der Waals surface area (Å²) >= 11 is 0. The molecule has 104 valence electrons. The Morgan fingerprint density at radius 2 is 2.15 bits per heavy atom. The molecule has 0 spiro atoms. The van der Waals surface area contributed by atoms with Gasteiger partial charge in [0.1, 0.15) is 5.82 Å². The van der Waals surface area contributed by atoms with E-state index in [4.69, 9.17) is 9.84 Å². The van der Waals surface area contributed by atoms with Gasteiger partial charge in [0.2, 0.25) is 5.88 Å². The van der Waals surface area contributed by atoms with Gasteiger partial charge in [-0.3, -0.25) is 4.79 Å². The standard InChI is InChI=1S/C14H13FN2O3/c1-20-14-9(6-7-12(18)19)8-16-13(17-14)10-4-2-3-5-11(10)15/h2-5,8H,6-7H2,1H3,(H,18,19). The van der Waals surface area contributed by atoms with Crippen LogP contribution in [-0.2, 0) is 11.2 Å². The number of hydrogen-bond acceptors (Lipinski definition) is 4. The number of nitrogens with zero attached hydrogens (tertiary/aromatic N) is 2. The SMILES string of the molecule is COc1nc(-c2ccccc2F)ncc1CCC(=O)O. The minimum Gasteiger partial charge on any atom is -0.481 e. The van der Waals surface area contributed by atoms with Gasteiger partial charge in [-0.15, -0.1) is 0 Å². The molecule has 20 heavy (non-hydrogen) atoms. The molecule has 0 atom stereocenters. The number of carbonyl (C=O) groups is 1. The number of rotatable bonds is 5. The molecule has 6 heteroatoms. The van der Waals surface area contributed by atoms with Crippen molar-refractivity contribution in [2.24, 2.45) is 0 Å². The fourth-order valence-electron chi connectivity index (χ4n) is 1.75. The highest BCUT2D eigenvalue weighted by atomic mass is 19.1. The Balaban J connectivity index is 2.34. The second-order valence-corrected chi connectivity index (χ2v) is 4.10. The van der Waals surface area contributed by atoms with E-state index in [0.29, 0.717) is 5.56 Å². The summed E-state index contributed by atoms with van der Waals surface area (Å²) in [6, 6.07) is 6.16. The molecule has 0 amide bonds. The van der Waals surface area contributed by atoms with E-state index in [1.54, 1.807) is 18.2 Å². The molecule has 1 aromatic carbocycles. The highest BCUT2D eigenvalue weighted by molar-refractivity contribution is 5.67. The maximum Gasteiger partial charge on any atom is 0.303 e. The molecule has 0 saturated carbocycles. The topological polar surface area (TPSA) is 72.3 Å². The van der Waals surface area contributed by atoms with Crippen LogP contribution in [0.4, 0.5) is 4.39 Å². The summed E-state index contributed by atoms with van der Waals surface area (Å²) in [5.41, 5.74) is 0.852. The van der Waals surface area contributed by atoms with Gasteiger partial charge in [-0.1, -0.05) is 12.1 Å². The van der Waals surface area contributed by atoms with Gasteiger partial charge in [0.05, 0.1) is 12.7 Å². The summed E-state index contributed by atoms with van der Waals surface area (Å²) in [5, 5.41) is 8.68. The lowest BCUT2D eigenvalue weighted by atomic mass is 10.1. The van der Waals surface area contributed by atoms with E-state index in [0.717, 1.165) is 0 Å². The Hall–Kier alpha value is -2.50. The van der Waals surface area contributed by atoms with Crippen LogP contribution >= 0.6 is 0 Å². The summed E-state index contributed by atoms with van der Waals surface area (Å²) < 4.78 is 18.8. The zero-order chi connectivity index (χ0) is 14.5. The van der Waals surface area contributed by atoms with Crippen LogP contribution in [-0.4, -0.2) is 28.2 Å². The number of carboxylic acids is 1. The van der Waals surface area contributed by atoms with E-state index in [1.165, 1.54) is 19.4 Å². The van der Waals surface area contributed by atoms with Crippen molar-refractivity contribution in [3.8, 4) is 17.3 Å². The molecular formula is C14H13FN2O3. The quantitative estimate of drug-likeness (QED) is 0.907. The van der Waals surface area contributed by atoms with Crippen molar-refractivity contribution in [1.29, 1.82) is 0 Å². The molecule has 1 aromatic heterocycles. The van der Waals surface area contributed by atoms with Crippen LogP contribution in [0.25, 0.3) is 11.4 Å². The van der Waals surface area contributed by atoms with Gasteiger partial charge < -0.3 is 9.84 Å². The monoisotopic (exact) mass is 276 g/mol. The fraction of sp³-hybridized carbons (Fsp3) is 0.214. The average Bonchev–Trinajstić information content (AvgIpc) is 2.45. The minimum absolute atomic E-state index is 0.0429. The Morgan fingerprint density at radius 3 is 2.80 bits per heavy atom. The van der Waals surface area contributed by atoms with Gasteiger partial charge in [-0.2, -0.15) is 4.98 Å². The fourth-order valence-corrected chi connectivity index (χ4v) is 1.75. The number of halogens is 1. The molecule has 0 unspecified atom stereocenters. The van der Waals surface area contributed by atoms with Crippen LogP contribution in [0, 0.1) is 5.82 Å². The average molecular weight is 276 g/mol. The van der Waals surface area contributed by atoms with Gasteiger partial charge in [0, 0.05) is 18.2 Å². The first-order valence-corrected chi connectivity index (χ1v) is 5.98. The van der Waals surface area contributed by atoms with Gasteiger partial charge in [0.25, 0.3) is 0 Å². The Bertz CT molecular complexity index is 632. The van der Waals surface area contributed by atoms with Crippen LogP contribution < -0.4 is 4.74 Å². The zero-order valence-electron chi connectivity index (χ0n) is 10.8. The molecular weight excluding hydrogens is 263 g/mol. The molecule has 0 aliphatic heterocycles. The normalized spacial score (nSPS) is 10.3. The van der Waals surface area contributed by atoms with Gasteiger partial charge in [-0.25, -0.2) is 9.37 Å². The number of aliphatic carboxylic acids is 1. The van der Waals surface area contributed by atoms with Crippen LogP contribution in [0.5, 0.6) is 5.88 Å². The summed E-state index contributed by atoms with van der Waals surface area (Å²) in [6.07, 6.45) is 1.69. The summed E-state index contributed by atoms with van der Waals surface area (Å²) in [6.45, 7) is 0. The van der Waals surface area contributed by atoms with E-state index < -0.39 is 11.8 Å². The smallest absolute Gasteiger partial charge is 0.303 e. The second-order valence-electron chi connectivity index (χ2n) is 4.10. The van der Waals surface area contributed by atoms with E-state index in [-0.39, 0.29) is 30.1 Å². The summed E-state index contributed by atoms with van der Waals surface area (Å²) in [5.74, 6) is -0.864. The van der Waals surface area contributed by atoms with Crippen molar-refractivity contribution in [1.82, 2.24) is 9.97 Å². The largest absolute Gasteiger partial charge is 0.481 e. The minimum atomic E-state index is -0.912. The van der Waals surface area contributed by atoms with Crippen molar-refractivity contribution in [3.63, 3.8) is 0 Å². The number of hydrogen-bond donors (Lipinski definition) is 1. The molecule has 2 aromatic rings. The van der Waals surface area contributed by atoms with Crippen molar-refractivity contribution >= 4 is 5.97 Å². The van der Waals surface area contributed by atoms with Crippen molar-refractivity contribution in [2.75, 3.05) is 7.11 Å². The van der Waals surface area contributed by atoms with Gasteiger partial charge >= 0.3 is 5.97 Å². The lowest BCUT2D eigenvalue weighted by Crippen LogP contribution is -2.03. The number of aromatic nitrogens is 2. The number of ether oxygens (including phenoxy) is 1. The summed E-state index contributed by atoms with van der Waals surface area (Å²) in [7, 11) is 1.43. The Labute approximate surface area is 115 Å². The zero-order valence-corrected chi connectivity index (χ0v) is 10.8. The van der Waals surface area contributed by atoms with Crippen molar-refractivity contribution in [3.05, 3.63) is 41.8 Å². The first-order chi connectivity index (χ1) is 9.61. The molecule has 0 fully saturated rings. The predicted octanol–water partition coefficient (Wildman–Crippen LogP) is 2.31. The third kappa shape index (κ3) is 3.09. The number of carboxylic acid groups (broad SMARTS) is 1. The van der Waals surface area contributed by atoms with Crippen LogP contribution in [0.3, 0.4) is 0 Å². The number of aryl methyl sites for hydroxylation is 1. The van der Waals surface area contributed by atoms with E-state index >= 15 is 0 Å². The lowest BCUT2D eigenvalue weighted by Gasteiger charge is -2.08. The molecule has 5 nitrogen and oxygen atoms in total. The van der Waals surface area contributed by atoms with E-state index in [2.05, 4.69) is 9.97 Å². The predicted molar refractivity (Wildman–Crippen MR) is 69.9 cm³/mol. The molecule has 0 radical (unpaired) electrons. The number of methoxy groups -OCH3 is 1. The molecule has 0 aliphatic rings. The van der Waals surface area contributed by atoms with Gasteiger partial charge in [0.15, 0.2) is 5.82 Å². The number of benzene rings is 1. The first kappa shape index (κ1) is 13.9. The van der Waals surface area contributed by atoms with Crippen LogP contribution in [0.15, 0.2) is 30.5 Å². The first-order valence-electron chi connectivity index (χ1n) is 5.98. The second kappa shape index (κ2) is 6.10. The van der Waals surface area contributed by atoms with Crippen molar-refractivity contribution < 1.29 is 19.0 Å². The van der Waals surface area contributed by atoms with Gasteiger partial charge in [-0.05, 0) is 18.6 Å². The Kier molecular flexibility index (Phi) is 4.24. The van der Waals surface area contributed by atoms with E-state index in [1.807, 2.05) is 0 Å². The highest BCUT2D eigenvalue weighted by Gasteiger charge is 2.12.